The van der Waals surface area contributed by atoms with E-state index in [0.29, 0.717) is 0 Å². The van der Waals surface area contributed by atoms with Gasteiger partial charge in [0.1, 0.15) is 11.6 Å². The zero-order chi connectivity index (χ0) is 19.1. The second kappa shape index (κ2) is 8.87. The minimum absolute atomic E-state index is 0.0406. The third-order valence-electron chi connectivity index (χ3n) is 4.37. The van der Waals surface area contributed by atoms with Crippen LogP contribution in [0.1, 0.15) is 36.1 Å². The summed E-state index contributed by atoms with van der Waals surface area (Å²) in [6.07, 6.45) is 3.10. The Hall–Kier alpha value is -3.06. The molecule has 134 valence electrons. The summed E-state index contributed by atoms with van der Waals surface area (Å²) in [6.45, 7) is 8.08. The van der Waals surface area contributed by atoms with E-state index >= 15 is 0 Å². The number of anilines is 2. The molecule has 4 heteroatoms. The first-order chi connectivity index (χ1) is 12.5. The lowest BCUT2D eigenvalue weighted by Crippen LogP contribution is -2.17. The summed E-state index contributed by atoms with van der Waals surface area (Å²) in [4.78, 5) is 12.6. The summed E-state index contributed by atoms with van der Waals surface area (Å²) < 4.78 is 0. The molecule has 2 aromatic rings. The number of aryl methyl sites for hydroxylation is 4. The highest BCUT2D eigenvalue weighted by Crippen LogP contribution is 2.23. The van der Waals surface area contributed by atoms with Crippen LogP contribution in [-0.4, -0.2) is 5.91 Å². The molecule has 0 aromatic heterocycles. The van der Waals surface area contributed by atoms with Gasteiger partial charge in [-0.1, -0.05) is 44.2 Å². The Balaban J connectivity index is 2.25. The summed E-state index contributed by atoms with van der Waals surface area (Å²) in [5.41, 5.74) is 6.03. The quantitative estimate of drug-likeness (QED) is 0.578. The monoisotopic (exact) mass is 347 g/mol. The fourth-order valence-electron chi connectivity index (χ4n) is 2.77. The molecular formula is C22H25N3O. The Bertz CT molecular complexity index is 853. The van der Waals surface area contributed by atoms with Gasteiger partial charge in [0.05, 0.1) is 0 Å². The highest BCUT2D eigenvalue weighted by molar-refractivity contribution is 6.07. The molecule has 1 amide bonds. The van der Waals surface area contributed by atoms with Crippen LogP contribution in [0.5, 0.6) is 0 Å². The molecule has 0 radical (unpaired) electrons. The van der Waals surface area contributed by atoms with Gasteiger partial charge in [-0.2, -0.15) is 5.26 Å². The van der Waals surface area contributed by atoms with Crippen molar-refractivity contribution in [3.8, 4) is 6.07 Å². The molecule has 26 heavy (non-hydrogen) atoms. The van der Waals surface area contributed by atoms with Crippen molar-refractivity contribution in [3.05, 3.63) is 70.4 Å². The average Bonchev–Trinajstić information content (AvgIpc) is 2.65. The van der Waals surface area contributed by atoms with Gasteiger partial charge in [0.15, 0.2) is 0 Å². The van der Waals surface area contributed by atoms with Gasteiger partial charge in [-0.3, -0.25) is 4.79 Å². The van der Waals surface area contributed by atoms with E-state index < -0.39 is 5.91 Å². The van der Waals surface area contributed by atoms with E-state index in [-0.39, 0.29) is 5.57 Å². The molecule has 0 saturated heterocycles. The van der Waals surface area contributed by atoms with Crippen molar-refractivity contribution >= 4 is 17.3 Å². The van der Waals surface area contributed by atoms with Crippen molar-refractivity contribution in [2.24, 2.45) is 0 Å². The average molecular weight is 347 g/mol. The van der Waals surface area contributed by atoms with Crippen LogP contribution >= 0.6 is 0 Å². The smallest absolute Gasteiger partial charge is 0.267 e. The molecule has 0 fully saturated rings. The van der Waals surface area contributed by atoms with Crippen molar-refractivity contribution in [3.63, 3.8) is 0 Å². The second-order valence-electron chi connectivity index (χ2n) is 6.25. The van der Waals surface area contributed by atoms with E-state index in [1.165, 1.54) is 6.20 Å². The van der Waals surface area contributed by atoms with Crippen molar-refractivity contribution in [1.29, 1.82) is 5.26 Å². The normalized spacial score (nSPS) is 11.0. The fourth-order valence-corrected chi connectivity index (χ4v) is 2.77. The summed E-state index contributed by atoms with van der Waals surface area (Å²) in [7, 11) is 0. The van der Waals surface area contributed by atoms with E-state index in [0.717, 1.165) is 46.5 Å². The van der Waals surface area contributed by atoms with Gasteiger partial charge in [0, 0.05) is 17.6 Å². The fraction of sp³-hybridized carbons (Fsp3) is 0.273. The zero-order valence-electron chi connectivity index (χ0n) is 15.8. The molecule has 0 aliphatic rings. The lowest BCUT2D eigenvalue weighted by Gasteiger charge is -2.14. The molecule has 0 atom stereocenters. The van der Waals surface area contributed by atoms with E-state index in [1.54, 1.807) is 0 Å². The maximum Gasteiger partial charge on any atom is 0.267 e. The standard InChI is InChI=1S/C22H25N3O/c1-5-17-8-7-9-18(6-2)21(17)25-22(26)19(13-23)14-24-20-12-15(3)10-11-16(20)4/h7-12,14,24H,5-6H2,1-4H3,(H,25,26)/b19-14-. The van der Waals surface area contributed by atoms with Crippen molar-refractivity contribution in [2.75, 3.05) is 10.6 Å². The Morgan fingerprint density at radius 1 is 1.12 bits per heavy atom. The number of carbonyl (C=O) groups is 1. The van der Waals surface area contributed by atoms with Crippen LogP contribution in [0, 0.1) is 25.2 Å². The SMILES string of the molecule is CCc1cccc(CC)c1NC(=O)/C(C#N)=C\Nc1cc(C)ccc1C. The van der Waals surface area contributed by atoms with Crippen LogP contribution in [0.25, 0.3) is 0 Å². The van der Waals surface area contributed by atoms with Crippen molar-refractivity contribution < 1.29 is 4.79 Å². The highest BCUT2D eigenvalue weighted by atomic mass is 16.1. The maximum absolute atomic E-state index is 12.6. The number of amides is 1. The molecule has 0 aliphatic heterocycles. The van der Waals surface area contributed by atoms with Gasteiger partial charge >= 0.3 is 0 Å². The molecule has 0 saturated carbocycles. The van der Waals surface area contributed by atoms with Gasteiger partial charge < -0.3 is 10.6 Å². The summed E-state index contributed by atoms with van der Waals surface area (Å²) in [5.74, 6) is -0.402. The third-order valence-corrected chi connectivity index (χ3v) is 4.37. The van der Waals surface area contributed by atoms with Gasteiger partial charge in [0.25, 0.3) is 5.91 Å². The number of carbonyl (C=O) groups excluding carboxylic acids is 1. The van der Waals surface area contributed by atoms with Gasteiger partial charge in [-0.15, -0.1) is 0 Å². The van der Waals surface area contributed by atoms with Crippen LogP contribution < -0.4 is 10.6 Å². The minimum atomic E-state index is -0.402. The van der Waals surface area contributed by atoms with E-state index in [9.17, 15) is 10.1 Å². The maximum atomic E-state index is 12.6. The predicted molar refractivity (Wildman–Crippen MR) is 107 cm³/mol. The predicted octanol–water partition coefficient (Wildman–Crippen LogP) is 4.89. The minimum Gasteiger partial charge on any atom is -0.360 e. The van der Waals surface area contributed by atoms with Crippen LogP contribution in [0.2, 0.25) is 0 Å². The van der Waals surface area contributed by atoms with E-state index in [1.807, 2.05) is 70.2 Å². The van der Waals surface area contributed by atoms with Crippen molar-refractivity contribution in [2.45, 2.75) is 40.5 Å². The lowest BCUT2D eigenvalue weighted by molar-refractivity contribution is -0.112. The Morgan fingerprint density at radius 2 is 1.77 bits per heavy atom. The van der Waals surface area contributed by atoms with Crippen LogP contribution in [0.3, 0.4) is 0 Å². The molecule has 0 spiro atoms. The lowest BCUT2D eigenvalue weighted by atomic mass is 10.0. The van der Waals surface area contributed by atoms with Crippen molar-refractivity contribution in [1.82, 2.24) is 0 Å². The number of nitriles is 1. The molecule has 0 aliphatic carbocycles. The van der Waals surface area contributed by atoms with Gasteiger partial charge in [0.2, 0.25) is 0 Å². The van der Waals surface area contributed by atoms with Crippen LogP contribution in [-0.2, 0) is 17.6 Å². The van der Waals surface area contributed by atoms with E-state index in [2.05, 4.69) is 10.6 Å². The van der Waals surface area contributed by atoms with Gasteiger partial charge in [-0.05, 0) is 55.0 Å². The molecule has 2 N–H and O–H groups in total. The first kappa shape index (κ1) is 19.3. The molecule has 2 rings (SSSR count). The number of hydrogen-bond acceptors (Lipinski definition) is 3. The number of nitrogens with one attached hydrogen (secondary N) is 2. The number of benzene rings is 2. The number of hydrogen-bond donors (Lipinski definition) is 2. The highest BCUT2D eigenvalue weighted by Gasteiger charge is 2.14. The van der Waals surface area contributed by atoms with Crippen LogP contribution in [0.15, 0.2) is 48.2 Å². The number of para-hydroxylation sites is 1. The molecular weight excluding hydrogens is 322 g/mol. The first-order valence-corrected chi connectivity index (χ1v) is 8.86. The Labute approximate surface area is 155 Å². The summed E-state index contributed by atoms with van der Waals surface area (Å²) >= 11 is 0. The molecule has 0 heterocycles. The zero-order valence-corrected chi connectivity index (χ0v) is 15.8. The third kappa shape index (κ3) is 4.52. The topological polar surface area (TPSA) is 64.9 Å². The summed E-state index contributed by atoms with van der Waals surface area (Å²) in [6, 6.07) is 14.0. The Kier molecular flexibility index (Phi) is 6.57. The molecule has 2 aromatic carbocycles. The largest absolute Gasteiger partial charge is 0.360 e. The molecule has 4 nitrogen and oxygen atoms in total. The first-order valence-electron chi connectivity index (χ1n) is 8.86. The molecule has 0 unspecified atom stereocenters. The second-order valence-corrected chi connectivity index (χ2v) is 6.25. The number of nitrogens with zero attached hydrogens (tertiary/aromatic N) is 1. The summed E-state index contributed by atoms with van der Waals surface area (Å²) in [5, 5.41) is 15.4. The Morgan fingerprint density at radius 3 is 2.35 bits per heavy atom. The van der Waals surface area contributed by atoms with Crippen LogP contribution in [0.4, 0.5) is 11.4 Å². The van der Waals surface area contributed by atoms with E-state index in [4.69, 9.17) is 0 Å². The van der Waals surface area contributed by atoms with Gasteiger partial charge in [-0.25, -0.2) is 0 Å². The number of rotatable bonds is 6. The molecule has 0 bridgehead atoms.